The summed E-state index contributed by atoms with van der Waals surface area (Å²) in [6.07, 6.45) is 6.31. The van der Waals surface area contributed by atoms with E-state index in [1.165, 1.54) is 12.8 Å². The Morgan fingerprint density at radius 2 is 2.00 bits per heavy atom. The van der Waals surface area contributed by atoms with Gasteiger partial charge in [-0.3, -0.25) is 4.72 Å². The van der Waals surface area contributed by atoms with Gasteiger partial charge in [-0.05, 0) is 49.6 Å². The van der Waals surface area contributed by atoms with E-state index in [4.69, 9.17) is 16.0 Å². The number of aromatic nitrogens is 1. The summed E-state index contributed by atoms with van der Waals surface area (Å²) < 4.78 is 34.2. The van der Waals surface area contributed by atoms with Crippen LogP contribution in [-0.2, 0) is 10.0 Å². The Morgan fingerprint density at radius 1 is 1.22 bits per heavy atom. The molecule has 0 radical (unpaired) electrons. The highest BCUT2D eigenvalue weighted by Crippen LogP contribution is 2.37. The number of rotatable bonds is 5. The number of thiophene rings is 1. The van der Waals surface area contributed by atoms with Gasteiger partial charge in [-0.25, -0.2) is 13.4 Å². The molecule has 0 aliphatic heterocycles. The van der Waals surface area contributed by atoms with Gasteiger partial charge < -0.3 is 4.42 Å². The van der Waals surface area contributed by atoms with Crippen LogP contribution in [-0.4, -0.2) is 13.4 Å². The average molecular weight is 423 g/mol. The number of sulfonamides is 1. The Balaban J connectivity index is 1.57. The molecule has 0 unspecified atom stereocenters. The van der Waals surface area contributed by atoms with Crippen molar-refractivity contribution in [2.45, 2.75) is 42.7 Å². The molecule has 1 fully saturated rings. The fourth-order valence-corrected chi connectivity index (χ4v) is 5.82. The predicted octanol–water partition coefficient (Wildman–Crippen LogP) is 5.82. The maximum absolute atomic E-state index is 12.7. The van der Waals surface area contributed by atoms with Crippen LogP contribution in [0.2, 0.25) is 5.02 Å². The molecule has 1 aromatic carbocycles. The molecule has 0 bridgehead atoms. The zero-order chi connectivity index (χ0) is 19.0. The number of hydrogen-bond donors (Lipinski definition) is 1. The standard InChI is InChI=1S/C19H19ClN2O3S2/c1-12-14(20)7-4-8-15(12)22-27(23,24)18-10-9-17(26-18)16-11-21-19(25-16)13-5-2-3-6-13/h4,7-11,13,22H,2-3,5-6H2,1H3. The largest absolute Gasteiger partial charge is 0.440 e. The van der Waals surface area contributed by atoms with Crippen molar-refractivity contribution in [1.29, 1.82) is 0 Å². The van der Waals surface area contributed by atoms with Crippen molar-refractivity contribution < 1.29 is 12.8 Å². The molecule has 0 atom stereocenters. The minimum Gasteiger partial charge on any atom is -0.440 e. The van der Waals surface area contributed by atoms with Crippen LogP contribution in [0.1, 0.15) is 43.1 Å². The van der Waals surface area contributed by atoms with Gasteiger partial charge in [-0.1, -0.05) is 30.5 Å². The van der Waals surface area contributed by atoms with Gasteiger partial charge in [-0.15, -0.1) is 11.3 Å². The maximum atomic E-state index is 12.7. The first-order valence-corrected chi connectivity index (χ1v) is 11.5. The molecule has 0 saturated heterocycles. The van der Waals surface area contributed by atoms with E-state index in [1.54, 1.807) is 43.5 Å². The number of halogens is 1. The summed E-state index contributed by atoms with van der Waals surface area (Å²) in [6, 6.07) is 8.47. The highest BCUT2D eigenvalue weighted by atomic mass is 35.5. The summed E-state index contributed by atoms with van der Waals surface area (Å²) in [5.41, 5.74) is 1.16. The Labute approximate surface area is 167 Å². The van der Waals surface area contributed by atoms with E-state index in [2.05, 4.69) is 9.71 Å². The predicted molar refractivity (Wildman–Crippen MR) is 108 cm³/mol. The number of hydrogen-bond acceptors (Lipinski definition) is 5. The molecule has 0 spiro atoms. The van der Waals surface area contributed by atoms with E-state index < -0.39 is 10.0 Å². The van der Waals surface area contributed by atoms with Gasteiger partial charge in [0.2, 0.25) is 0 Å². The number of nitrogens with zero attached hydrogens (tertiary/aromatic N) is 1. The molecule has 3 aromatic rings. The third-order valence-electron chi connectivity index (χ3n) is 4.83. The topological polar surface area (TPSA) is 72.2 Å². The zero-order valence-corrected chi connectivity index (χ0v) is 17.1. The summed E-state index contributed by atoms with van der Waals surface area (Å²) >= 11 is 7.24. The molecule has 5 nitrogen and oxygen atoms in total. The van der Waals surface area contributed by atoms with E-state index in [1.807, 2.05) is 0 Å². The Kier molecular flexibility index (Phi) is 5.01. The molecular formula is C19H19ClN2O3S2. The fraction of sp³-hybridized carbons (Fsp3) is 0.316. The summed E-state index contributed by atoms with van der Waals surface area (Å²) in [4.78, 5) is 5.14. The Morgan fingerprint density at radius 3 is 2.78 bits per heavy atom. The first-order chi connectivity index (χ1) is 12.9. The van der Waals surface area contributed by atoms with Gasteiger partial charge in [0, 0.05) is 10.9 Å². The van der Waals surface area contributed by atoms with Gasteiger partial charge in [0.05, 0.1) is 16.8 Å². The molecule has 2 aromatic heterocycles. The van der Waals surface area contributed by atoms with Crippen molar-refractivity contribution in [2.75, 3.05) is 4.72 Å². The summed E-state index contributed by atoms with van der Waals surface area (Å²) in [7, 11) is -3.70. The smallest absolute Gasteiger partial charge is 0.271 e. The van der Waals surface area contributed by atoms with Crippen molar-refractivity contribution in [3.63, 3.8) is 0 Å². The lowest BCUT2D eigenvalue weighted by atomic mass is 10.1. The van der Waals surface area contributed by atoms with Crippen molar-refractivity contribution in [2.24, 2.45) is 0 Å². The highest BCUT2D eigenvalue weighted by molar-refractivity contribution is 7.94. The zero-order valence-electron chi connectivity index (χ0n) is 14.7. The number of oxazole rings is 1. The fourth-order valence-electron chi connectivity index (χ4n) is 3.27. The normalized spacial score (nSPS) is 15.3. The molecule has 1 aliphatic rings. The lowest BCUT2D eigenvalue weighted by Gasteiger charge is -2.10. The van der Waals surface area contributed by atoms with Crippen LogP contribution in [0.15, 0.2) is 45.2 Å². The monoisotopic (exact) mass is 422 g/mol. The van der Waals surface area contributed by atoms with Gasteiger partial charge in [0.1, 0.15) is 4.21 Å². The third kappa shape index (κ3) is 3.77. The van der Waals surface area contributed by atoms with E-state index >= 15 is 0 Å². The quantitative estimate of drug-likeness (QED) is 0.562. The molecule has 1 saturated carbocycles. The van der Waals surface area contributed by atoms with Crippen LogP contribution in [0, 0.1) is 6.92 Å². The average Bonchev–Trinajstić information content (AvgIpc) is 3.39. The second-order valence-corrected chi connectivity index (χ2v) is 10.1. The van der Waals surface area contributed by atoms with E-state index in [-0.39, 0.29) is 4.21 Å². The van der Waals surface area contributed by atoms with E-state index in [0.29, 0.717) is 28.0 Å². The van der Waals surface area contributed by atoms with Crippen LogP contribution < -0.4 is 4.72 Å². The van der Waals surface area contributed by atoms with Crippen LogP contribution >= 0.6 is 22.9 Å². The van der Waals surface area contributed by atoms with Crippen molar-refractivity contribution in [3.8, 4) is 10.6 Å². The van der Waals surface area contributed by atoms with Crippen molar-refractivity contribution in [1.82, 2.24) is 4.98 Å². The first kappa shape index (κ1) is 18.5. The molecule has 1 aliphatic carbocycles. The summed E-state index contributed by atoms with van der Waals surface area (Å²) in [5.74, 6) is 1.75. The van der Waals surface area contributed by atoms with Crippen molar-refractivity contribution >= 4 is 38.6 Å². The minimum absolute atomic E-state index is 0.218. The van der Waals surface area contributed by atoms with Gasteiger partial charge in [0.15, 0.2) is 11.7 Å². The number of nitrogens with one attached hydrogen (secondary N) is 1. The number of anilines is 1. The molecule has 142 valence electrons. The SMILES string of the molecule is Cc1c(Cl)cccc1NS(=O)(=O)c1ccc(-c2cnc(C3CCCC3)o2)s1. The Bertz CT molecular complexity index is 1070. The summed E-state index contributed by atoms with van der Waals surface area (Å²) in [6.45, 7) is 1.78. The number of benzene rings is 1. The van der Waals surface area contributed by atoms with Gasteiger partial charge in [-0.2, -0.15) is 0 Å². The molecule has 8 heteroatoms. The van der Waals surface area contributed by atoms with Gasteiger partial charge in [0.25, 0.3) is 10.0 Å². The lowest BCUT2D eigenvalue weighted by Crippen LogP contribution is -2.12. The lowest BCUT2D eigenvalue weighted by molar-refractivity contribution is 0.458. The third-order valence-corrected chi connectivity index (χ3v) is 8.20. The second-order valence-electron chi connectivity index (χ2n) is 6.68. The van der Waals surface area contributed by atoms with Gasteiger partial charge >= 0.3 is 0 Å². The molecular weight excluding hydrogens is 404 g/mol. The molecule has 0 amide bonds. The van der Waals surface area contributed by atoms with Crippen LogP contribution in [0.25, 0.3) is 10.6 Å². The van der Waals surface area contributed by atoms with E-state index in [0.717, 1.165) is 34.9 Å². The summed E-state index contributed by atoms with van der Waals surface area (Å²) in [5, 5.41) is 0.517. The molecule has 2 heterocycles. The van der Waals surface area contributed by atoms with Crippen molar-refractivity contribution in [3.05, 3.63) is 53.0 Å². The van der Waals surface area contributed by atoms with Crippen LogP contribution in [0.3, 0.4) is 0 Å². The van der Waals surface area contributed by atoms with Crippen LogP contribution in [0.5, 0.6) is 0 Å². The molecule has 4 rings (SSSR count). The minimum atomic E-state index is -3.70. The molecule has 1 N–H and O–H groups in total. The van der Waals surface area contributed by atoms with Crippen LogP contribution in [0.4, 0.5) is 5.69 Å². The highest BCUT2D eigenvalue weighted by Gasteiger charge is 2.24. The Hall–Kier alpha value is -1.83. The first-order valence-electron chi connectivity index (χ1n) is 8.78. The maximum Gasteiger partial charge on any atom is 0.271 e. The molecule has 27 heavy (non-hydrogen) atoms. The van der Waals surface area contributed by atoms with E-state index in [9.17, 15) is 8.42 Å². The second kappa shape index (κ2) is 7.30.